The van der Waals surface area contributed by atoms with Gasteiger partial charge in [0.25, 0.3) is 0 Å². The average Bonchev–Trinajstić information content (AvgIpc) is 2.35. The van der Waals surface area contributed by atoms with Crippen LogP contribution in [0.5, 0.6) is 0 Å². The van der Waals surface area contributed by atoms with Crippen molar-refractivity contribution in [2.75, 3.05) is 24.7 Å². The number of hydrogen-bond donors (Lipinski definition) is 3. The average molecular weight is 649 g/mol. The van der Waals surface area contributed by atoms with E-state index in [4.69, 9.17) is 9.42 Å². The number of hydrogen-bond acceptors (Lipinski definition) is 5. The number of phosphoric ester groups is 1. The number of carbonyl (C=O) groups is 1. The molecule has 0 fully saturated rings. The minimum absolute atomic E-state index is 0.278. The van der Waals surface area contributed by atoms with Crippen LogP contribution in [-0.4, -0.2) is 46.7 Å². The van der Waals surface area contributed by atoms with Crippen molar-refractivity contribution in [3.8, 4) is 0 Å². The molecule has 0 aliphatic carbocycles. The zero-order valence-corrected chi connectivity index (χ0v) is 18.7. The Balaban J connectivity index is 4.38. The topological polar surface area (TPSA) is 105 Å². The molecule has 0 spiro atoms. The Kier molecular flexibility index (Phi) is 10.6. The second kappa shape index (κ2) is 9.78. The van der Waals surface area contributed by atoms with Crippen molar-refractivity contribution in [3.05, 3.63) is 0 Å². The normalized spacial score (nSPS) is 17.2. The zero-order chi connectivity index (χ0) is 16.0. The number of halogens is 3. The molecule has 0 radical (unpaired) electrons. The maximum atomic E-state index is 11.8. The van der Waals surface area contributed by atoms with Gasteiger partial charge in [0.2, 0.25) is 0 Å². The zero-order valence-electron chi connectivity index (χ0n) is 11.3. The van der Waals surface area contributed by atoms with Crippen LogP contribution in [0.1, 0.15) is 13.8 Å². The Morgan fingerprint density at radius 1 is 1.50 bits per heavy atom. The summed E-state index contributed by atoms with van der Waals surface area (Å²) in [5.41, 5.74) is -1.01. The summed E-state index contributed by atoms with van der Waals surface area (Å²) in [6.07, 6.45) is -1.33. The number of amides is 1. The predicted octanol–water partition coefficient (Wildman–Crippen LogP) is 2.46. The molecule has 0 bridgehead atoms. The van der Waals surface area contributed by atoms with Crippen LogP contribution in [0.4, 0.5) is 0 Å². The van der Waals surface area contributed by atoms with Crippen molar-refractivity contribution in [3.63, 3.8) is 0 Å². The SMILES string of the molecule is COP(=O)(O)OCC(C)(C)C(O)C(=O)NCCI(I)I. The minimum atomic E-state index is -4.11. The fraction of sp³-hybridized carbons (Fsp3) is 0.889. The van der Waals surface area contributed by atoms with Crippen molar-refractivity contribution in [1.29, 1.82) is 0 Å². The quantitative estimate of drug-likeness (QED) is 0.202. The van der Waals surface area contributed by atoms with Gasteiger partial charge in [0.05, 0.1) is 0 Å². The van der Waals surface area contributed by atoms with E-state index in [0.29, 0.717) is 6.54 Å². The monoisotopic (exact) mass is 649 g/mol. The summed E-state index contributed by atoms with van der Waals surface area (Å²) in [6, 6.07) is 0. The number of carbonyl (C=O) groups excluding carboxylic acids is 1. The van der Waals surface area contributed by atoms with E-state index in [1.807, 2.05) is 0 Å². The van der Waals surface area contributed by atoms with E-state index in [1.54, 1.807) is 13.8 Å². The van der Waals surface area contributed by atoms with E-state index in [0.717, 1.165) is 11.5 Å². The van der Waals surface area contributed by atoms with Crippen LogP contribution in [0.25, 0.3) is 0 Å². The number of nitrogens with one attached hydrogen (secondary N) is 1. The molecule has 2 unspecified atom stereocenters. The van der Waals surface area contributed by atoms with Gasteiger partial charge in [-0.05, 0) is 0 Å². The summed E-state index contributed by atoms with van der Waals surface area (Å²) in [4.78, 5) is 20.9. The number of aliphatic hydroxyl groups is 1. The molecule has 20 heavy (non-hydrogen) atoms. The standard InChI is InChI=1S/C9H19I3NO6P/c1-9(2,6-19-20(16,17)18-3)7(14)8(15)13-5-4-12(10)11/h7,14H,4-6H2,1-3H3,(H,13,15)(H,16,17). The molecule has 7 nitrogen and oxygen atoms in total. The number of phosphoric acid groups is 1. The van der Waals surface area contributed by atoms with Gasteiger partial charge in [-0.2, -0.15) is 0 Å². The predicted molar refractivity (Wildman–Crippen MR) is 103 cm³/mol. The Labute approximate surface area is 145 Å². The van der Waals surface area contributed by atoms with Crippen molar-refractivity contribution in [2.45, 2.75) is 20.0 Å². The Hall–Kier alpha value is 1.73. The molecule has 1 amide bonds. The van der Waals surface area contributed by atoms with Crippen LogP contribution in [0.3, 0.4) is 0 Å². The number of aliphatic hydroxyl groups excluding tert-OH is 1. The summed E-state index contributed by atoms with van der Waals surface area (Å²) in [6.45, 7) is 3.39. The molecule has 0 aromatic carbocycles. The van der Waals surface area contributed by atoms with E-state index < -0.39 is 37.1 Å². The van der Waals surface area contributed by atoms with Gasteiger partial charge in [-0.3, -0.25) is 0 Å². The van der Waals surface area contributed by atoms with Crippen LogP contribution in [0.2, 0.25) is 0 Å². The fourth-order valence-corrected chi connectivity index (χ4v) is 5.09. The molecule has 3 N–H and O–H groups in total. The van der Waals surface area contributed by atoms with Crippen LogP contribution < -0.4 is 5.32 Å². The van der Waals surface area contributed by atoms with E-state index in [9.17, 15) is 14.5 Å². The molecule has 0 aliphatic heterocycles. The molecular formula is C9H19I3NO6P. The van der Waals surface area contributed by atoms with Gasteiger partial charge in [-0.25, -0.2) is 0 Å². The van der Waals surface area contributed by atoms with Gasteiger partial charge in [0.15, 0.2) is 0 Å². The van der Waals surface area contributed by atoms with Crippen LogP contribution in [-0.2, 0) is 18.4 Å². The maximum absolute atomic E-state index is 11.8. The summed E-state index contributed by atoms with van der Waals surface area (Å²) < 4.78 is 21.1. The molecular weight excluding hydrogens is 630 g/mol. The first kappa shape index (κ1) is 21.7. The molecule has 0 aromatic rings. The number of rotatable bonds is 9. The van der Waals surface area contributed by atoms with Gasteiger partial charge < -0.3 is 0 Å². The molecule has 0 aliphatic rings. The summed E-state index contributed by atoms with van der Waals surface area (Å²) in [7, 11) is -3.07. The first-order chi connectivity index (χ1) is 9.02. The Morgan fingerprint density at radius 2 is 2.05 bits per heavy atom. The van der Waals surface area contributed by atoms with E-state index >= 15 is 0 Å². The molecule has 0 aromatic heterocycles. The molecule has 11 heteroatoms. The van der Waals surface area contributed by atoms with Gasteiger partial charge in [0.1, 0.15) is 0 Å². The van der Waals surface area contributed by atoms with E-state index in [-0.39, 0.29) is 6.61 Å². The van der Waals surface area contributed by atoms with Crippen molar-refractivity contribution in [1.82, 2.24) is 5.32 Å². The summed E-state index contributed by atoms with van der Waals surface area (Å²) in [5.74, 6) is -0.505. The molecule has 2 atom stereocenters. The van der Waals surface area contributed by atoms with E-state index in [1.165, 1.54) is 0 Å². The van der Waals surface area contributed by atoms with Crippen molar-refractivity contribution < 1.29 is 28.4 Å². The third kappa shape index (κ3) is 9.00. The third-order valence-corrected chi connectivity index (χ3v) is 10.1. The van der Waals surface area contributed by atoms with Crippen molar-refractivity contribution >= 4 is 62.8 Å². The van der Waals surface area contributed by atoms with Crippen LogP contribution >= 0.6 is 56.9 Å². The molecule has 0 heterocycles. The Morgan fingerprint density at radius 3 is 2.50 bits per heavy atom. The Bertz CT molecular complexity index is 368. The third-order valence-electron chi connectivity index (χ3n) is 2.36. The first-order valence-electron chi connectivity index (χ1n) is 5.49. The number of alkyl halides is 1. The van der Waals surface area contributed by atoms with Gasteiger partial charge in [-0.1, -0.05) is 0 Å². The summed E-state index contributed by atoms with van der Waals surface area (Å²) in [5, 5.41) is 12.6. The molecule has 0 saturated heterocycles. The molecule has 0 saturated carbocycles. The van der Waals surface area contributed by atoms with Crippen LogP contribution in [0.15, 0.2) is 0 Å². The first-order valence-corrected chi connectivity index (χ1v) is 21.1. The van der Waals surface area contributed by atoms with Gasteiger partial charge in [0, 0.05) is 0 Å². The van der Waals surface area contributed by atoms with E-state index in [2.05, 4.69) is 47.1 Å². The van der Waals surface area contributed by atoms with Crippen molar-refractivity contribution in [2.24, 2.45) is 5.41 Å². The molecule has 122 valence electrons. The van der Waals surface area contributed by atoms with Crippen LogP contribution in [0, 0.1) is 5.41 Å². The molecule has 0 rings (SSSR count). The van der Waals surface area contributed by atoms with Gasteiger partial charge in [-0.15, -0.1) is 0 Å². The van der Waals surface area contributed by atoms with Gasteiger partial charge >= 0.3 is 147 Å². The second-order valence-corrected chi connectivity index (χ2v) is 32.3. The fourth-order valence-electron chi connectivity index (χ4n) is 1.07. The second-order valence-electron chi connectivity index (χ2n) is 4.55. The summed E-state index contributed by atoms with van der Waals surface area (Å²) >= 11 is 3.81.